The van der Waals surface area contributed by atoms with Crippen LogP contribution >= 0.6 is 0 Å². The molecule has 0 saturated carbocycles. The molecule has 12 aromatic carbocycles. The number of pyridine rings is 4. The van der Waals surface area contributed by atoms with Gasteiger partial charge in [0.2, 0.25) is 28.5 Å². The van der Waals surface area contributed by atoms with Gasteiger partial charge < -0.3 is 17.7 Å². The third kappa shape index (κ3) is 16.8. The maximum atomic E-state index is 10.0. The molecule has 0 saturated heterocycles. The highest BCUT2D eigenvalue weighted by atomic mass is 28.3. The van der Waals surface area contributed by atoms with Crippen molar-refractivity contribution in [1.82, 2.24) is 0 Å². The van der Waals surface area contributed by atoms with Crippen molar-refractivity contribution in [3.05, 3.63) is 354 Å². The number of hydrogen-bond acceptors (Lipinski definition) is 5. The fourth-order valence-electron chi connectivity index (χ4n) is 18.6. The Kier molecular flexibility index (Phi) is 23.9. The lowest BCUT2D eigenvalue weighted by molar-refractivity contribution is -0.660. The lowest BCUT2D eigenvalue weighted by Gasteiger charge is -2.17. The Morgan fingerprint density at radius 3 is 1.02 bits per heavy atom. The minimum absolute atomic E-state index is 0.546. The number of nitrogens with zero attached hydrogens (tertiary/aromatic N) is 8. The number of aryl methyl sites for hydroxylation is 8. The summed E-state index contributed by atoms with van der Waals surface area (Å²) in [6.07, 6.45) is 8.20. The van der Waals surface area contributed by atoms with Crippen molar-refractivity contribution in [2.24, 2.45) is 28.2 Å². The minimum Gasteiger partial charge on any atom is -0.466 e. The van der Waals surface area contributed by atoms with E-state index in [-0.39, 0.29) is 0 Å². The van der Waals surface area contributed by atoms with Gasteiger partial charge in [0.1, 0.15) is 67.3 Å². The Morgan fingerprint density at radius 2 is 0.629 bits per heavy atom. The molecule has 0 unspecified atom stereocenters. The van der Waals surface area contributed by atoms with Gasteiger partial charge in [0.25, 0.3) is 0 Å². The van der Waals surface area contributed by atoms with Gasteiger partial charge in [-0.1, -0.05) is 245 Å². The molecular formula is C116H108N8O4Si4+4. The third-order valence-electron chi connectivity index (χ3n) is 25.8. The molecule has 8 heterocycles. The highest BCUT2D eigenvalue weighted by Gasteiger charge is 2.32. The fraction of sp³-hybridized carbons (Fsp3) is 0.172. The van der Waals surface area contributed by atoms with Crippen LogP contribution in [-0.2, 0) is 28.2 Å². The summed E-state index contributed by atoms with van der Waals surface area (Å²) >= 11 is 0. The molecule has 0 aliphatic rings. The average molecular weight is 1790 g/mol. The van der Waals surface area contributed by atoms with Crippen molar-refractivity contribution in [3.8, 4) is 95.6 Å². The molecule has 0 radical (unpaired) electrons. The summed E-state index contributed by atoms with van der Waals surface area (Å²) in [7, 11) is 2.70. The fourth-order valence-corrected chi connectivity index (χ4v) is 23.3. The van der Waals surface area contributed by atoms with E-state index in [9.17, 15) is 5.26 Å². The van der Waals surface area contributed by atoms with Crippen molar-refractivity contribution < 1.29 is 35.9 Å². The van der Waals surface area contributed by atoms with Gasteiger partial charge in [-0.05, 0) is 167 Å². The van der Waals surface area contributed by atoms with Gasteiger partial charge in [-0.25, -0.2) is 32.8 Å². The molecule has 0 bridgehead atoms. The van der Waals surface area contributed by atoms with Crippen LogP contribution in [0.2, 0.25) is 78.6 Å². The first-order valence-corrected chi connectivity index (χ1v) is 58.9. The van der Waals surface area contributed by atoms with Crippen LogP contribution in [0.15, 0.2) is 309 Å². The lowest BCUT2D eigenvalue weighted by Crippen LogP contribution is -2.37. The topological polar surface area (TPSA) is 105 Å². The molecule has 20 aromatic rings. The van der Waals surface area contributed by atoms with Gasteiger partial charge >= 0.3 is 0 Å². The molecule has 8 aromatic heterocycles. The summed E-state index contributed by atoms with van der Waals surface area (Å²) in [4.78, 5) is 11.0. The van der Waals surface area contributed by atoms with Gasteiger partial charge in [0.05, 0.1) is 85.9 Å². The first-order valence-electron chi connectivity index (χ1n) is 44.9. The van der Waals surface area contributed by atoms with Gasteiger partial charge in [-0.2, -0.15) is 5.26 Å². The van der Waals surface area contributed by atoms with Crippen molar-refractivity contribution in [3.63, 3.8) is 0 Å². The maximum Gasteiger partial charge on any atom is 0.229 e. The van der Waals surface area contributed by atoms with E-state index in [4.69, 9.17) is 37.4 Å². The second kappa shape index (κ2) is 35.3. The first-order chi connectivity index (χ1) is 63.1. The Balaban J connectivity index is 0.000000123. The van der Waals surface area contributed by atoms with Crippen LogP contribution < -0.4 is 39.0 Å². The van der Waals surface area contributed by atoms with Crippen LogP contribution in [0.5, 0.6) is 0 Å². The molecule has 132 heavy (non-hydrogen) atoms. The first kappa shape index (κ1) is 89.3. The molecule has 0 aliphatic heterocycles. The highest BCUT2D eigenvalue weighted by Crippen LogP contribution is 2.50. The van der Waals surface area contributed by atoms with E-state index in [0.29, 0.717) is 28.2 Å². The van der Waals surface area contributed by atoms with E-state index >= 15 is 0 Å². The van der Waals surface area contributed by atoms with Gasteiger partial charge in [-0.15, -0.1) is 0 Å². The number of hydrogen-bond donors (Lipinski definition) is 0. The second-order valence-electron chi connectivity index (χ2n) is 38.9. The number of para-hydroxylation sites is 1. The summed E-state index contributed by atoms with van der Waals surface area (Å²) < 4.78 is 34.5. The Morgan fingerprint density at radius 1 is 0.280 bits per heavy atom. The number of fused-ring (bicyclic) bond motifs is 12. The minimum atomic E-state index is -1.38. The Labute approximate surface area is 777 Å². The molecule has 0 aliphatic carbocycles. The number of furan rings is 4. The van der Waals surface area contributed by atoms with Crippen LogP contribution in [0, 0.1) is 58.7 Å². The average Bonchev–Trinajstić information content (AvgIpc) is 1.57. The highest BCUT2D eigenvalue weighted by molar-refractivity contribution is 6.90. The van der Waals surface area contributed by atoms with Crippen LogP contribution in [0.1, 0.15) is 27.8 Å². The summed E-state index contributed by atoms with van der Waals surface area (Å²) in [6.45, 7) is 59.5. The van der Waals surface area contributed by atoms with E-state index < -0.39 is 32.3 Å². The van der Waals surface area contributed by atoms with Crippen molar-refractivity contribution in [1.29, 1.82) is 5.26 Å². The largest absolute Gasteiger partial charge is 0.466 e. The molecule has 20 rings (SSSR count). The smallest absolute Gasteiger partial charge is 0.229 e. The SMILES string of the molecule is Cc1cc(C#N)c2c(oc3cccc(-c4ccc([Si](C)(C)C)cc4)c32)c1-c1cccc[n+]1C.[C-]#[N+]c1ccc2c(c1)oc1c(-c3cccc[n+]3C)c(C)cc(-c3ccc([Si](C)(C)C)cc3)c12.[C-]#[N+]c1ccc2oc3c(-c4cccc[n+]4C)c(C)cc(-c4ccc([Si](C)(C)C)cc4)c3c2c1.[C-]#[N+]c1cccc2c1oc1c(-c3cccc[n+]3C)c(C)cc(-c3ccc([Si](C)(C)C)cc3)c12. The lowest BCUT2D eigenvalue weighted by atomic mass is 9.92. The second-order valence-corrected chi connectivity index (χ2v) is 59.2. The van der Waals surface area contributed by atoms with Crippen molar-refractivity contribution in [2.75, 3.05) is 0 Å². The molecule has 12 nitrogen and oxygen atoms in total. The monoisotopic (exact) mass is 1790 g/mol. The molecule has 0 spiro atoms. The zero-order valence-corrected chi connectivity index (χ0v) is 82.9. The normalized spacial score (nSPS) is 11.8. The van der Waals surface area contributed by atoms with Gasteiger partial charge in [-0.3, -0.25) is 0 Å². The summed E-state index contributed by atoms with van der Waals surface area (Å²) in [5.74, 6) is 0. The van der Waals surface area contributed by atoms with Crippen LogP contribution in [0.3, 0.4) is 0 Å². The summed E-state index contributed by atoms with van der Waals surface area (Å²) in [6, 6.07) is 95.6. The molecule has 0 atom stereocenters. The van der Waals surface area contributed by atoms with Gasteiger partial charge in [0, 0.05) is 91.6 Å². The molecule has 0 amide bonds. The molecule has 648 valence electrons. The van der Waals surface area contributed by atoms with Gasteiger partial charge in [0.15, 0.2) is 41.7 Å². The summed E-state index contributed by atoms with van der Waals surface area (Å²) in [5.41, 5.74) is 31.2. The number of nitriles is 1. The zero-order chi connectivity index (χ0) is 93.3. The quantitative estimate of drug-likeness (QED) is 0.0688. The van der Waals surface area contributed by atoms with E-state index in [1.54, 1.807) is 0 Å². The van der Waals surface area contributed by atoms with E-state index in [1.165, 1.54) is 43.0 Å². The van der Waals surface area contributed by atoms with Crippen LogP contribution in [0.4, 0.5) is 17.1 Å². The Bertz CT molecular complexity index is 8050. The third-order valence-corrected chi connectivity index (χ3v) is 34.0. The van der Waals surface area contributed by atoms with E-state index in [2.05, 4.69) is 348 Å². The van der Waals surface area contributed by atoms with E-state index in [0.717, 1.165) is 172 Å². The number of benzene rings is 12. The number of aromatic nitrogens is 4. The predicted molar refractivity (Wildman–Crippen MR) is 557 cm³/mol. The van der Waals surface area contributed by atoms with Crippen LogP contribution in [0.25, 0.3) is 192 Å². The van der Waals surface area contributed by atoms with Crippen molar-refractivity contribution in [2.45, 2.75) is 106 Å². The van der Waals surface area contributed by atoms with E-state index in [1.807, 2.05) is 117 Å². The maximum absolute atomic E-state index is 10.0. The molecule has 0 N–H and O–H groups in total. The molecular weight excluding hydrogens is 1680 g/mol. The van der Waals surface area contributed by atoms with Crippen LogP contribution in [-0.4, -0.2) is 32.3 Å². The predicted octanol–water partition coefficient (Wildman–Crippen LogP) is 27.9. The Hall–Kier alpha value is -14.7. The van der Waals surface area contributed by atoms with Crippen molar-refractivity contribution >= 4 is 158 Å². The molecule has 16 heteroatoms. The number of rotatable bonds is 12. The standard InChI is InChI=1S/4C29H27N2OSi/c1-19-18-23(20-13-15-21(16-14-20)33(4,5)6)27-22-10-9-11-24(30-2)28(22)32-29(27)26(19)25-12-7-8-17-31(25)3;1-19-17-23(20-10-13-22(14-11-20)33(4,5)6)28-24-18-21(30-2)12-15-26(24)32-29(28)27(19)25-9-7-8-16-31(25)3;1-19-17-24(20-10-13-22(14-11-20)33(4,5)6)28-23-15-12-21(30-2)18-26(23)32-29(28)27(19)25-9-7-8-16-31(25)3;1-19-17-21(18-30)27-28-23(20-12-14-22(15-13-20)33(3,4)5)9-8-11-25(28)32-29(27)26(19)24-10-6-7-16-31(24)2/h3*7-18H,1,3-6H3;6-17H,1-5H3/q4*+1. The summed E-state index contributed by atoms with van der Waals surface area (Å²) in [5, 5.41) is 24.0. The zero-order valence-electron chi connectivity index (χ0n) is 78.9. The molecule has 0 fully saturated rings.